The average molecular weight is 170 g/mol. The Kier molecular flexibility index (Phi) is 2.01. The molecule has 0 bridgehead atoms. The largest absolute Gasteiger partial charge is 0.260 e. The van der Waals surface area contributed by atoms with E-state index in [1.54, 1.807) is 0 Å². The van der Waals surface area contributed by atoms with Crippen LogP contribution in [0.25, 0.3) is 11.0 Å². The highest BCUT2D eigenvalue weighted by Gasteiger charge is 2.05. The Bertz CT molecular complexity index is 426. The second kappa shape index (κ2) is 3.17. The summed E-state index contributed by atoms with van der Waals surface area (Å²) in [6.45, 7) is 4.69. The number of rotatable bonds is 1. The lowest BCUT2D eigenvalue weighted by Crippen LogP contribution is -2.26. The third-order valence-electron chi connectivity index (χ3n) is 2.06. The second-order valence-electron chi connectivity index (χ2n) is 3.44. The van der Waals surface area contributed by atoms with Gasteiger partial charge < -0.3 is 0 Å². The van der Waals surface area contributed by atoms with Crippen LogP contribution in [-0.2, 0) is 0 Å². The van der Waals surface area contributed by atoms with Gasteiger partial charge in [0.1, 0.15) is 0 Å². The van der Waals surface area contributed by atoms with Gasteiger partial charge in [-0.1, -0.05) is 25.8 Å². The van der Waals surface area contributed by atoms with Gasteiger partial charge in [0.25, 0.3) is 0 Å². The molecular formula is C10H11BN2. The van der Waals surface area contributed by atoms with E-state index in [2.05, 4.69) is 23.6 Å². The van der Waals surface area contributed by atoms with Crippen molar-refractivity contribution in [3.8, 4) is 0 Å². The Morgan fingerprint density at radius 3 is 2.46 bits per heavy atom. The zero-order valence-corrected chi connectivity index (χ0v) is 7.86. The van der Waals surface area contributed by atoms with Gasteiger partial charge in [0.15, 0.2) is 6.71 Å². The van der Waals surface area contributed by atoms with Crippen LogP contribution < -0.4 is 5.59 Å². The molecule has 1 aromatic heterocycles. The van der Waals surface area contributed by atoms with Crippen LogP contribution in [0.1, 0.15) is 0 Å². The van der Waals surface area contributed by atoms with Gasteiger partial charge in [-0.05, 0) is 12.1 Å². The predicted molar refractivity (Wildman–Crippen MR) is 56.7 cm³/mol. The quantitative estimate of drug-likeness (QED) is 0.607. The molecule has 0 fully saturated rings. The molecule has 0 saturated heterocycles. The number of aromatic nitrogens is 2. The lowest BCUT2D eigenvalue weighted by Gasteiger charge is -2.01. The third-order valence-corrected chi connectivity index (χ3v) is 2.06. The Morgan fingerprint density at radius 2 is 1.77 bits per heavy atom. The molecule has 0 amide bonds. The molecule has 2 nitrogen and oxygen atoms in total. The molecule has 2 rings (SSSR count). The van der Waals surface area contributed by atoms with Crippen molar-refractivity contribution >= 4 is 23.3 Å². The number of para-hydroxylation sites is 2. The van der Waals surface area contributed by atoms with Crippen molar-refractivity contribution in [1.29, 1.82) is 0 Å². The first-order valence-electron chi connectivity index (χ1n) is 4.49. The van der Waals surface area contributed by atoms with Crippen molar-refractivity contribution in [3.63, 3.8) is 0 Å². The van der Waals surface area contributed by atoms with Gasteiger partial charge in [0.05, 0.1) is 11.0 Å². The standard InChI is InChI=1S/C10H11BN2/c1-11(2)10-7-12-8-5-3-4-6-9(8)13-10/h3-7H,1-2H3. The molecule has 3 heteroatoms. The van der Waals surface area contributed by atoms with Gasteiger partial charge >= 0.3 is 0 Å². The smallest absolute Gasteiger partial charge is 0.196 e. The molecule has 0 radical (unpaired) electrons. The maximum Gasteiger partial charge on any atom is 0.196 e. The van der Waals surface area contributed by atoms with Gasteiger partial charge in [0.2, 0.25) is 0 Å². The zero-order valence-electron chi connectivity index (χ0n) is 7.86. The van der Waals surface area contributed by atoms with Crippen LogP contribution in [0.4, 0.5) is 0 Å². The highest BCUT2D eigenvalue weighted by molar-refractivity contribution is 6.69. The molecule has 0 aliphatic heterocycles. The van der Waals surface area contributed by atoms with E-state index in [1.807, 2.05) is 30.5 Å². The van der Waals surface area contributed by atoms with Crippen LogP contribution in [0.3, 0.4) is 0 Å². The lowest BCUT2D eigenvalue weighted by molar-refractivity contribution is 1.33. The number of fused-ring (bicyclic) bond motifs is 1. The fourth-order valence-electron chi connectivity index (χ4n) is 1.25. The maximum absolute atomic E-state index is 4.51. The van der Waals surface area contributed by atoms with Crippen LogP contribution in [0.2, 0.25) is 13.6 Å². The van der Waals surface area contributed by atoms with E-state index >= 15 is 0 Å². The van der Waals surface area contributed by atoms with E-state index in [4.69, 9.17) is 0 Å². The molecule has 1 heterocycles. The third kappa shape index (κ3) is 1.54. The normalized spacial score (nSPS) is 10.3. The van der Waals surface area contributed by atoms with E-state index in [0.29, 0.717) is 6.71 Å². The summed E-state index contributed by atoms with van der Waals surface area (Å²) >= 11 is 0. The maximum atomic E-state index is 4.51. The Morgan fingerprint density at radius 1 is 1.08 bits per heavy atom. The van der Waals surface area contributed by atoms with Crippen molar-refractivity contribution in [1.82, 2.24) is 9.97 Å². The number of nitrogens with zero attached hydrogens (tertiary/aromatic N) is 2. The molecule has 0 aliphatic carbocycles. The summed E-state index contributed by atoms with van der Waals surface area (Å²) in [5, 5.41) is 0. The summed E-state index contributed by atoms with van der Waals surface area (Å²) in [7, 11) is 0. The monoisotopic (exact) mass is 170 g/mol. The van der Waals surface area contributed by atoms with Crippen LogP contribution >= 0.6 is 0 Å². The van der Waals surface area contributed by atoms with Crippen molar-refractivity contribution in [3.05, 3.63) is 30.5 Å². The molecule has 0 saturated carbocycles. The summed E-state index contributed by atoms with van der Waals surface area (Å²) in [5.41, 5.74) is 3.00. The molecular weight excluding hydrogens is 159 g/mol. The fourth-order valence-corrected chi connectivity index (χ4v) is 1.25. The first kappa shape index (κ1) is 8.23. The second-order valence-corrected chi connectivity index (χ2v) is 3.44. The van der Waals surface area contributed by atoms with E-state index < -0.39 is 0 Å². The minimum Gasteiger partial charge on any atom is -0.260 e. The van der Waals surface area contributed by atoms with Crippen molar-refractivity contribution in [2.24, 2.45) is 0 Å². The zero-order chi connectivity index (χ0) is 9.26. The van der Waals surface area contributed by atoms with E-state index in [9.17, 15) is 0 Å². The number of hydrogen-bond donors (Lipinski definition) is 0. The van der Waals surface area contributed by atoms with Crippen molar-refractivity contribution < 1.29 is 0 Å². The first-order chi connectivity index (χ1) is 6.27. The van der Waals surface area contributed by atoms with Gasteiger partial charge in [-0.15, -0.1) is 0 Å². The van der Waals surface area contributed by atoms with E-state index in [-0.39, 0.29) is 0 Å². The highest BCUT2D eigenvalue weighted by Crippen LogP contribution is 2.04. The molecule has 0 atom stereocenters. The van der Waals surface area contributed by atoms with Crippen LogP contribution in [0.15, 0.2) is 30.5 Å². The molecule has 1 aromatic carbocycles. The predicted octanol–water partition coefficient (Wildman–Crippen LogP) is 1.59. The van der Waals surface area contributed by atoms with Crippen molar-refractivity contribution in [2.45, 2.75) is 13.6 Å². The summed E-state index contributed by atoms with van der Waals surface area (Å²) < 4.78 is 0. The summed E-state index contributed by atoms with van der Waals surface area (Å²) in [6, 6.07) is 7.94. The van der Waals surface area contributed by atoms with Crippen LogP contribution in [0.5, 0.6) is 0 Å². The van der Waals surface area contributed by atoms with Gasteiger partial charge in [-0.2, -0.15) is 0 Å². The van der Waals surface area contributed by atoms with E-state index in [0.717, 1.165) is 16.6 Å². The Hall–Kier alpha value is -1.38. The lowest BCUT2D eigenvalue weighted by atomic mass is 9.52. The van der Waals surface area contributed by atoms with E-state index in [1.165, 1.54) is 0 Å². The summed E-state index contributed by atoms with van der Waals surface area (Å²) in [4.78, 5) is 8.85. The molecule has 64 valence electrons. The van der Waals surface area contributed by atoms with Gasteiger partial charge in [0, 0.05) is 11.8 Å². The van der Waals surface area contributed by atoms with Gasteiger partial charge in [-0.3, -0.25) is 9.97 Å². The molecule has 0 unspecified atom stereocenters. The number of hydrogen-bond acceptors (Lipinski definition) is 2. The molecule has 0 aliphatic rings. The summed E-state index contributed by atoms with van der Waals surface area (Å²) in [6.07, 6.45) is 1.85. The number of benzene rings is 1. The molecule has 0 N–H and O–H groups in total. The first-order valence-corrected chi connectivity index (χ1v) is 4.49. The highest BCUT2D eigenvalue weighted by atomic mass is 14.8. The van der Waals surface area contributed by atoms with Crippen LogP contribution in [-0.4, -0.2) is 16.7 Å². The van der Waals surface area contributed by atoms with Gasteiger partial charge in [-0.25, -0.2) is 0 Å². The topological polar surface area (TPSA) is 25.8 Å². The SMILES string of the molecule is CB(C)c1cnc2ccccc2n1. The minimum atomic E-state index is 0.442. The van der Waals surface area contributed by atoms with Crippen LogP contribution in [0, 0.1) is 0 Å². The molecule has 13 heavy (non-hydrogen) atoms. The minimum absolute atomic E-state index is 0.442. The summed E-state index contributed by atoms with van der Waals surface area (Å²) in [5.74, 6) is 0. The molecule has 2 aromatic rings. The fraction of sp³-hybridized carbons (Fsp3) is 0.200. The Balaban J connectivity index is 2.62. The van der Waals surface area contributed by atoms with Crippen molar-refractivity contribution in [2.75, 3.05) is 0 Å². The Labute approximate surface area is 78.1 Å². The molecule has 0 spiro atoms. The average Bonchev–Trinajstić information content (AvgIpc) is 2.17.